The van der Waals surface area contributed by atoms with Crippen LogP contribution in [0.1, 0.15) is 46.0 Å². The second kappa shape index (κ2) is 6.64. The average Bonchev–Trinajstić information content (AvgIpc) is 2.59. The summed E-state index contributed by atoms with van der Waals surface area (Å²) in [6.07, 6.45) is 4.52. The van der Waals surface area contributed by atoms with Gasteiger partial charge in [0, 0.05) is 18.6 Å². The second-order valence-corrected chi connectivity index (χ2v) is 9.09. The van der Waals surface area contributed by atoms with Crippen LogP contribution in [0.3, 0.4) is 0 Å². The van der Waals surface area contributed by atoms with Gasteiger partial charge in [0.05, 0.1) is 17.6 Å². The Kier molecular flexibility index (Phi) is 5.29. The third kappa shape index (κ3) is 4.41. The highest BCUT2D eigenvalue weighted by Crippen LogP contribution is 2.32. The Morgan fingerprint density at radius 3 is 2.71 bits per heavy atom. The molecule has 2 fully saturated rings. The van der Waals surface area contributed by atoms with Crippen LogP contribution in [0.5, 0.6) is 0 Å². The number of nitrogens with one attached hydrogen (secondary N) is 1. The smallest absolute Gasteiger partial charge is 0.151 e. The number of sulfone groups is 1. The molecule has 21 heavy (non-hydrogen) atoms. The van der Waals surface area contributed by atoms with Gasteiger partial charge >= 0.3 is 0 Å². The van der Waals surface area contributed by atoms with Crippen LogP contribution in [0, 0.1) is 11.3 Å². The predicted molar refractivity (Wildman–Crippen MR) is 83.7 cm³/mol. The molecule has 0 radical (unpaired) electrons. The zero-order valence-corrected chi connectivity index (χ0v) is 14.0. The van der Waals surface area contributed by atoms with Crippen molar-refractivity contribution in [3.8, 4) is 6.07 Å². The first-order valence-electron chi connectivity index (χ1n) is 7.99. The Morgan fingerprint density at radius 1 is 1.29 bits per heavy atom. The summed E-state index contributed by atoms with van der Waals surface area (Å²) in [6, 6.07) is 3.11. The molecule has 0 bridgehead atoms. The van der Waals surface area contributed by atoms with Crippen LogP contribution in [0.15, 0.2) is 0 Å². The van der Waals surface area contributed by atoms with E-state index in [2.05, 4.69) is 30.1 Å². The maximum atomic E-state index is 11.7. The summed E-state index contributed by atoms with van der Waals surface area (Å²) in [7, 11) is -2.87. The largest absolute Gasteiger partial charge is 0.299 e. The summed E-state index contributed by atoms with van der Waals surface area (Å²) in [5, 5.41) is 13.1. The van der Waals surface area contributed by atoms with Crippen molar-refractivity contribution >= 4 is 9.84 Å². The fraction of sp³-hybridized carbons (Fsp3) is 0.933. The van der Waals surface area contributed by atoms with Crippen molar-refractivity contribution in [3.63, 3.8) is 0 Å². The standard InChI is InChI=1S/C15H27N3O2S/c1-13(2)17-15(12-16)6-3-5-14(11-15)18-7-4-9-21(19,20)10-8-18/h13-14,17H,3-11H2,1-2H3. The van der Waals surface area contributed by atoms with Gasteiger partial charge in [-0.2, -0.15) is 5.26 Å². The van der Waals surface area contributed by atoms with E-state index >= 15 is 0 Å². The Morgan fingerprint density at radius 2 is 2.05 bits per heavy atom. The molecule has 2 unspecified atom stereocenters. The monoisotopic (exact) mass is 313 g/mol. The normalized spacial score (nSPS) is 34.3. The molecule has 0 spiro atoms. The van der Waals surface area contributed by atoms with Gasteiger partial charge in [0.1, 0.15) is 5.54 Å². The van der Waals surface area contributed by atoms with Crippen molar-refractivity contribution < 1.29 is 8.42 Å². The van der Waals surface area contributed by atoms with Crippen molar-refractivity contribution in [2.45, 2.75) is 63.6 Å². The minimum atomic E-state index is -2.87. The van der Waals surface area contributed by atoms with Crippen molar-refractivity contribution in [3.05, 3.63) is 0 Å². The van der Waals surface area contributed by atoms with Gasteiger partial charge in [-0.3, -0.25) is 10.2 Å². The molecule has 5 nitrogen and oxygen atoms in total. The van der Waals surface area contributed by atoms with Crippen molar-refractivity contribution in [2.75, 3.05) is 24.6 Å². The zero-order chi connectivity index (χ0) is 15.5. The molecule has 0 aromatic heterocycles. The van der Waals surface area contributed by atoms with E-state index in [1.165, 1.54) is 0 Å². The van der Waals surface area contributed by atoms with E-state index in [4.69, 9.17) is 0 Å². The first-order valence-corrected chi connectivity index (χ1v) is 9.81. The van der Waals surface area contributed by atoms with E-state index in [0.29, 0.717) is 18.3 Å². The lowest BCUT2D eigenvalue weighted by atomic mass is 9.79. The maximum absolute atomic E-state index is 11.7. The first-order chi connectivity index (χ1) is 9.86. The molecule has 2 aliphatic rings. The third-order valence-electron chi connectivity index (χ3n) is 4.61. The van der Waals surface area contributed by atoms with Gasteiger partial charge in [-0.25, -0.2) is 8.42 Å². The molecular formula is C15H27N3O2S. The van der Waals surface area contributed by atoms with Crippen LogP contribution in [-0.2, 0) is 9.84 Å². The van der Waals surface area contributed by atoms with Crippen LogP contribution < -0.4 is 5.32 Å². The Balaban J connectivity index is 2.05. The number of rotatable bonds is 3. The SMILES string of the molecule is CC(C)NC1(C#N)CCCC(N2CCCS(=O)(=O)CC2)C1. The molecule has 0 aromatic rings. The van der Waals surface area contributed by atoms with Crippen LogP contribution in [0.4, 0.5) is 0 Å². The molecule has 1 N–H and O–H groups in total. The lowest BCUT2D eigenvalue weighted by molar-refractivity contribution is 0.123. The van der Waals surface area contributed by atoms with Crippen molar-refractivity contribution in [1.29, 1.82) is 5.26 Å². The number of hydrogen-bond donors (Lipinski definition) is 1. The predicted octanol–water partition coefficient (Wildman–Crippen LogP) is 1.31. The van der Waals surface area contributed by atoms with E-state index in [1.807, 2.05) is 0 Å². The number of nitriles is 1. The van der Waals surface area contributed by atoms with E-state index in [0.717, 1.165) is 38.6 Å². The van der Waals surface area contributed by atoms with Gasteiger partial charge in [0.15, 0.2) is 9.84 Å². The molecule has 1 saturated carbocycles. The van der Waals surface area contributed by atoms with E-state index < -0.39 is 15.4 Å². The highest BCUT2D eigenvalue weighted by atomic mass is 32.2. The minimum absolute atomic E-state index is 0.265. The Hall–Kier alpha value is -0.640. The van der Waals surface area contributed by atoms with Crippen LogP contribution in [-0.4, -0.2) is 55.5 Å². The maximum Gasteiger partial charge on any atom is 0.151 e. The Labute approximate surface area is 128 Å². The average molecular weight is 313 g/mol. The molecule has 120 valence electrons. The molecule has 1 heterocycles. The summed E-state index contributed by atoms with van der Waals surface area (Å²) >= 11 is 0. The highest BCUT2D eigenvalue weighted by Gasteiger charge is 2.39. The van der Waals surface area contributed by atoms with Gasteiger partial charge in [-0.1, -0.05) is 0 Å². The van der Waals surface area contributed by atoms with E-state index in [-0.39, 0.29) is 11.8 Å². The molecule has 0 aromatic carbocycles. The van der Waals surface area contributed by atoms with Gasteiger partial charge in [-0.05, 0) is 52.5 Å². The summed E-state index contributed by atoms with van der Waals surface area (Å²) in [5.41, 5.74) is -0.442. The van der Waals surface area contributed by atoms with Crippen LogP contribution in [0.25, 0.3) is 0 Å². The van der Waals surface area contributed by atoms with Crippen molar-refractivity contribution in [1.82, 2.24) is 10.2 Å². The van der Waals surface area contributed by atoms with E-state index in [1.54, 1.807) is 0 Å². The molecule has 0 amide bonds. The third-order valence-corrected chi connectivity index (χ3v) is 6.33. The lowest BCUT2D eigenvalue weighted by Crippen LogP contribution is -2.55. The summed E-state index contributed by atoms with van der Waals surface area (Å²) in [4.78, 5) is 2.30. The van der Waals surface area contributed by atoms with Crippen LogP contribution >= 0.6 is 0 Å². The quantitative estimate of drug-likeness (QED) is 0.850. The second-order valence-electron chi connectivity index (χ2n) is 6.78. The molecule has 1 aliphatic heterocycles. The molecule has 1 aliphatic carbocycles. The molecular weight excluding hydrogens is 286 g/mol. The Bertz CT molecular complexity index is 498. The fourth-order valence-electron chi connectivity index (χ4n) is 3.70. The molecule has 2 rings (SSSR count). The van der Waals surface area contributed by atoms with Gasteiger partial charge < -0.3 is 0 Å². The van der Waals surface area contributed by atoms with Gasteiger partial charge in [0.25, 0.3) is 0 Å². The molecule has 2 atom stereocenters. The minimum Gasteiger partial charge on any atom is -0.299 e. The lowest BCUT2D eigenvalue weighted by Gasteiger charge is -2.42. The van der Waals surface area contributed by atoms with E-state index in [9.17, 15) is 13.7 Å². The number of nitrogens with zero attached hydrogens (tertiary/aromatic N) is 2. The highest BCUT2D eigenvalue weighted by molar-refractivity contribution is 7.91. The summed E-state index contributed by atoms with van der Waals surface area (Å²) in [6.45, 7) is 5.60. The molecule has 1 saturated heterocycles. The van der Waals surface area contributed by atoms with Crippen molar-refractivity contribution in [2.24, 2.45) is 0 Å². The van der Waals surface area contributed by atoms with Gasteiger partial charge in [0.2, 0.25) is 0 Å². The fourth-order valence-corrected chi connectivity index (χ4v) is 4.98. The molecule has 6 heteroatoms. The van der Waals surface area contributed by atoms with Crippen LogP contribution in [0.2, 0.25) is 0 Å². The topological polar surface area (TPSA) is 73.2 Å². The summed E-state index contributed by atoms with van der Waals surface area (Å²) in [5.74, 6) is 0.574. The van der Waals surface area contributed by atoms with Gasteiger partial charge in [-0.15, -0.1) is 0 Å². The zero-order valence-electron chi connectivity index (χ0n) is 13.1. The number of hydrogen-bond acceptors (Lipinski definition) is 5. The first kappa shape index (κ1) is 16.7. The summed E-state index contributed by atoms with van der Waals surface area (Å²) < 4.78 is 23.5.